The van der Waals surface area contributed by atoms with E-state index in [0.717, 1.165) is 6.54 Å². The molecular formula is C12H12F3N3O. The van der Waals surface area contributed by atoms with Crippen LogP contribution in [-0.4, -0.2) is 23.3 Å². The largest absolute Gasteiger partial charge is 0.420 e. The third kappa shape index (κ3) is 3.11. The van der Waals surface area contributed by atoms with Crippen molar-refractivity contribution in [1.29, 1.82) is 0 Å². The molecular weight excluding hydrogens is 259 g/mol. The molecule has 2 aromatic rings. The lowest BCUT2D eigenvalue weighted by Crippen LogP contribution is -2.16. The molecule has 0 saturated carbocycles. The van der Waals surface area contributed by atoms with Gasteiger partial charge in [0.15, 0.2) is 0 Å². The van der Waals surface area contributed by atoms with Crippen molar-refractivity contribution < 1.29 is 17.6 Å². The van der Waals surface area contributed by atoms with E-state index in [1.165, 1.54) is 0 Å². The van der Waals surface area contributed by atoms with Crippen LogP contribution in [0.3, 0.4) is 0 Å². The van der Waals surface area contributed by atoms with Gasteiger partial charge in [0.05, 0.1) is 0 Å². The van der Waals surface area contributed by atoms with Crippen LogP contribution in [0.4, 0.5) is 13.2 Å². The van der Waals surface area contributed by atoms with E-state index in [-0.39, 0.29) is 11.8 Å². The monoisotopic (exact) mass is 271 g/mol. The highest BCUT2D eigenvalue weighted by Crippen LogP contribution is 2.25. The molecule has 7 heteroatoms. The molecule has 0 bridgehead atoms. The van der Waals surface area contributed by atoms with Gasteiger partial charge >= 0.3 is 0 Å². The van der Waals surface area contributed by atoms with Gasteiger partial charge in [0.2, 0.25) is 5.89 Å². The SMILES string of the molecule is CCNCCc1nnc(-c2c(F)cc(F)cc2F)o1. The van der Waals surface area contributed by atoms with E-state index in [0.29, 0.717) is 25.1 Å². The van der Waals surface area contributed by atoms with E-state index in [1.54, 1.807) is 0 Å². The molecule has 2 rings (SSSR count). The molecule has 0 aliphatic heterocycles. The molecule has 1 heterocycles. The fraction of sp³-hybridized carbons (Fsp3) is 0.333. The summed E-state index contributed by atoms with van der Waals surface area (Å²) in [6.07, 6.45) is 0.450. The molecule has 0 aliphatic carbocycles. The second kappa shape index (κ2) is 5.83. The van der Waals surface area contributed by atoms with Gasteiger partial charge in [-0.1, -0.05) is 6.92 Å². The molecule has 0 unspecified atom stereocenters. The molecule has 0 saturated heterocycles. The van der Waals surface area contributed by atoms with E-state index >= 15 is 0 Å². The predicted octanol–water partition coefficient (Wildman–Crippen LogP) is 2.31. The summed E-state index contributed by atoms with van der Waals surface area (Å²) in [4.78, 5) is 0. The van der Waals surface area contributed by atoms with Crippen molar-refractivity contribution in [3.8, 4) is 11.5 Å². The molecule has 1 aromatic carbocycles. The highest BCUT2D eigenvalue weighted by molar-refractivity contribution is 5.54. The van der Waals surface area contributed by atoms with E-state index in [1.807, 2.05) is 6.92 Å². The second-order valence-electron chi connectivity index (χ2n) is 3.85. The maximum absolute atomic E-state index is 13.5. The van der Waals surface area contributed by atoms with Crippen LogP contribution in [0, 0.1) is 17.5 Å². The van der Waals surface area contributed by atoms with Crippen LogP contribution in [0.2, 0.25) is 0 Å². The zero-order valence-corrected chi connectivity index (χ0v) is 10.2. The third-order valence-corrected chi connectivity index (χ3v) is 2.45. The van der Waals surface area contributed by atoms with Crippen LogP contribution in [0.1, 0.15) is 12.8 Å². The number of nitrogens with one attached hydrogen (secondary N) is 1. The van der Waals surface area contributed by atoms with Crippen molar-refractivity contribution in [3.05, 3.63) is 35.5 Å². The summed E-state index contributed by atoms with van der Waals surface area (Å²) < 4.78 is 44.9. The maximum atomic E-state index is 13.5. The van der Waals surface area contributed by atoms with Gasteiger partial charge in [0.25, 0.3) is 5.89 Å². The number of hydrogen-bond donors (Lipinski definition) is 1. The third-order valence-electron chi connectivity index (χ3n) is 2.45. The molecule has 102 valence electrons. The average molecular weight is 271 g/mol. The number of rotatable bonds is 5. The van der Waals surface area contributed by atoms with Gasteiger partial charge in [0.1, 0.15) is 23.0 Å². The lowest BCUT2D eigenvalue weighted by Gasteiger charge is -2.00. The minimum atomic E-state index is -1.07. The zero-order chi connectivity index (χ0) is 13.8. The fourth-order valence-corrected chi connectivity index (χ4v) is 1.57. The summed E-state index contributed by atoms with van der Waals surface area (Å²) in [5.74, 6) is -3.16. The Morgan fingerprint density at radius 2 is 1.84 bits per heavy atom. The smallest absolute Gasteiger partial charge is 0.253 e. The average Bonchev–Trinajstić information content (AvgIpc) is 2.76. The van der Waals surface area contributed by atoms with Gasteiger partial charge in [-0.2, -0.15) is 0 Å². The van der Waals surface area contributed by atoms with Crippen LogP contribution in [0.25, 0.3) is 11.5 Å². The van der Waals surface area contributed by atoms with Crippen molar-refractivity contribution in [3.63, 3.8) is 0 Å². The van der Waals surface area contributed by atoms with E-state index < -0.39 is 23.0 Å². The first kappa shape index (κ1) is 13.5. The second-order valence-corrected chi connectivity index (χ2v) is 3.85. The van der Waals surface area contributed by atoms with Crippen molar-refractivity contribution in [2.24, 2.45) is 0 Å². The first-order valence-corrected chi connectivity index (χ1v) is 5.79. The number of hydrogen-bond acceptors (Lipinski definition) is 4. The molecule has 0 spiro atoms. The standard InChI is InChI=1S/C12H12F3N3O/c1-2-16-4-3-10-17-18-12(19-10)11-8(14)5-7(13)6-9(11)15/h5-6,16H,2-4H2,1H3. The molecule has 1 N–H and O–H groups in total. The normalized spacial score (nSPS) is 10.9. The molecule has 19 heavy (non-hydrogen) atoms. The van der Waals surface area contributed by atoms with Gasteiger partial charge in [0, 0.05) is 25.1 Å². The van der Waals surface area contributed by atoms with E-state index in [9.17, 15) is 13.2 Å². The predicted molar refractivity (Wildman–Crippen MR) is 61.9 cm³/mol. The molecule has 4 nitrogen and oxygen atoms in total. The van der Waals surface area contributed by atoms with Crippen LogP contribution in [-0.2, 0) is 6.42 Å². The molecule has 0 aliphatic rings. The number of aromatic nitrogens is 2. The minimum Gasteiger partial charge on any atom is -0.420 e. The lowest BCUT2D eigenvalue weighted by molar-refractivity contribution is 0.484. The van der Waals surface area contributed by atoms with Crippen molar-refractivity contribution in [2.45, 2.75) is 13.3 Å². The van der Waals surface area contributed by atoms with Crippen LogP contribution >= 0.6 is 0 Å². The quantitative estimate of drug-likeness (QED) is 0.848. The van der Waals surface area contributed by atoms with Gasteiger partial charge in [-0.15, -0.1) is 10.2 Å². The summed E-state index contributed by atoms with van der Waals surface area (Å²) in [6, 6.07) is 1.14. The van der Waals surface area contributed by atoms with Gasteiger partial charge in [-0.05, 0) is 6.54 Å². The molecule has 0 fully saturated rings. The summed E-state index contributed by atoms with van der Waals surface area (Å²) in [7, 11) is 0. The Kier molecular flexibility index (Phi) is 4.16. The molecule has 0 amide bonds. The summed E-state index contributed by atoms with van der Waals surface area (Å²) in [6.45, 7) is 3.36. The highest BCUT2D eigenvalue weighted by Gasteiger charge is 2.19. The topological polar surface area (TPSA) is 51.0 Å². The molecule has 1 aromatic heterocycles. The summed E-state index contributed by atoms with van der Waals surface area (Å²) in [5.41, 5.74) is -0.511. The Morgan fingerprint density at radius 3 is 2.47 bits per heavy atom. The Labute approximate surface area is 107 Å². The van der Waals surface area contributed by atoms with Crippen LogP contribution in [0.15, 0.2) is 16.5 Å². The summed E-state index contributed by atoms with van der Waals surface area (Å²) in [5, 5.41) is 10.3. The Balaban J connectivity index is 2.23. The van der Waals surface area contributed by atoms with E-state index in [4.69, 9.17) is 4.42 Å². The van der Waals surface area contributed by atoms with Crippen molar-refractivity contribution >= 4 is 0 Å². The maximum Gasteiger partial charge on any atom is 0.253 e. The van der Waals surface area contributed by atoms with Crippen LogP contribution in [0.5, 0.6) is 0 Å². The van der Waals surface area contributed by atoms with Gasteiger partial charge < -0.3 is 9.73 Å². The fourth-order valence-electron chi connectivity index (χ4n) is 1.57. The van der Waals surface area contributed by atoms with Crippen molar-refractivity contribution in [1.82, 2.24) is 15.5 Å². The first-order chi connectivity index (χ1) is 9.11. The number of benzene rings is 1. The Hall–Kier alpha value is -1.89. The highest BCUT2D eigenvalue weighted by atomic mass is 19.1. The van der Waals surface area contributed by atoms with Gasteiger partial charge in [-0.3, -0.25) is 0 Å². The lowest BCUT2D eigenvalue weighted by atomic mass is 10.2. The van der Waals surface area contributed by atoms with Gasteiger partial charge in [-0.25, -0.2) is 13.2 Å². The Morgan fingerprint density at radius 1 is 1.16 bits per heavy atom. The zero-order valence-electron chi connectivity index (χ0n) is 10.2. The number of halogens is 3. The minimum absolute atomic E-state index is 0.263. The first-order valence-electron chi connectivity index (χ1n) is 5.79. The van der Waals surface area contributed by atoms with Crippen LogP contribution < -0.4 is 5.32 Å². The molecule has 0 atom stereocenters. The van der Waals surface area contributed by atoms with E-state index in [2.05, 4.69) is 15.5 Å². The number of likely N-dealkylation sites (N-methyl/N-ethyl adjacent to an activating group) is 1. The Bertz CT molecular complexity index is 548. The molecule has 0 radical (unpaired) electrons. The number of nitrogens with zero attached hydrogens (tertiary/aromatic N) is 2. The summed E-state index contributed by atoms with van der Waals surface area (Å²) >= 11 is 0. The van der Waals surface area contributed by atoms with Crippen molar-refractivity contribution in [2.75, 3.05) is 13.1 Å².